The summed E-state index contributed by atoms with van der Waals surface area (Å²) in [5, 5.41) is 3.26. The number of amides is 1. The Morgan fingerprint density at radius 2 is 1.85 bits per heavy atom. The smallest absolute Gasteiger partial charge is 0.281 e. The van der Waals surface area contributed by atoms with E-state index in [0.29, 0.717) is 32.6 Å². The highest BCUT2D eigenvalue weighted by molar-refractivity contribution is 6.42. The van der Waals surface area contributed by atoms with E-state index in [1.807, 2.05) is 20.8 Å². The van der Waals surface area contributed by atoms with Crippen molar-refractivity contribution >= 4 is 40.8 Å². The van der Waals surface area contributed by atoms with Crippen molar-refractivity contribution in [2.24, 2.45) is 5.41 Å². The van der Waals surface area contributed by atoms with Crippen LogP contribution >= 0.6 is 23.2 Å². The molecule has 3 rings (SSSR count). The first-order valence-corrected chi connectivity index (χ1v) is 11.3. The number of Topliss-reactive ketones (excluding diaryl/α,β-unsaturated/α-hetero) is 1. The predicted molar refractivity (Wildman–Crippen MR) is 129 cm³/mol. The summed E-state index contributed by atoms with van der Waals surface area (Å²) in [6.45, 7) is 7.18. The fraction of sp³-hybridized carbons (Fsp3) is 0.333. The molecule has 2 aromatic heterocycles. The van der Waals surface area contributed by atoms with Gasteiger partial charge in [-0.05, 0) is 37.1 Å². The summed E-state index contributed by atoms with van der Waals surface area (Å²) < 4.78 is 27.1. The molecule has 0 unspecified atom stereocenters. The highest BCUT2D eigenvalue weighted by Crippen LogP contribution is 2.30. The number of nitrogens with one attached hydrogen (secondary N) is 2. The Kier molecular flexibility index (Phi) is 7.73. The fourth-order valence-electron chi connectivity index (χ4n) is 3.26. The van der Waals surface area contributed by atoms with Gasteiger partial charge >= 0.3 is 0 Å². The molecule has 2 N–H and O–H groups in total. The Bertz CT molecular complexity index is 1240. The number of carbonyl (C=O) groups excluding carboxylic acids is 2. The highest BCUT2D eigenvalue weighted by Gasteiger charge is 2.24. The van der Waals surface area contributed by atoms with Crippen LogP contribution in [-0.4, -0.2) is 26.6 Å². The molecule has 1 amide bonds. The lowest BCUT2D eigenvalue weighted by atomic mass is 9.87. The molecular weight excluding hydrogens is 485 g/mol. The van der Waals surface area contributed by atoms with Gasteiger partial charge in [0.15, 0.2) is 0 Å². The van der Waals surface area contributed by atoms with Gasteiger partial charge in [0, 0.05) is 29.3 Å². The lowest BCUT2D eigenvalue weighted by Gasteiger charge is -2.16. The van der Waals surface area contributed by atoms with Gasteiger partial charge in [-0.1, -0.05) is 50.0 Å². The van der Waals surface area contributed by atoms with Gasteiger partial charge < -0.3 is 4.98 Å². The van der Waals surface area contributed by atoms with Crippen molar-refractivity contribution in [1.82, 2.24) is 15.0 Å². The lowest BCUT2D eigenvalue weighted by molar-refractivity contribution is -0.126. The van der Waals surface area contributed by atoms with Crippen LogP contribution in [0.4, 0.5) is 14.7 Å². The molecular formula is C24H24Cl2F2N4O2. The van der Waals surface area contributed by atoms with Crippen LogP contribution in [0.2, 0.25) is 10.0 Å². The Balaban J connectivity index is 1.84. The van der Waals surface area contributed by atoms with Crippen molar-refractivity contribution in [3.05, 3.63) is 63.0 Å². The van der Waals surface area contributed by atoms with Crippen LogP contribution in [0.1, 0.15) is 60.9 Å². The highest BCUT2D eigenvalue weighted by atomic mass is 35.5. The third kappa shape index (κ3) is 5.98. The maximum absolute atomic E-state index is 13.5. The molecule has 34 heavy (non-hydrogen) atoms. The van der Waals surface area contributed by atoms with Gasteiger partial charge in [-0.15, -0.1) is 0 Å². The average molecular weight is 509 g/mol. The number of aryl methyl sites for hydroxylation is 2. The van der Waals surface area contributed by atoms with Crippen LogP contribution in [0, 0.1) is 12.3 Å². The molecule has 0 aliphatic rings. The van der Waals surface area contributed by atoms with E-state index in [4.69, 9.17) is 23.2 Å². The minimum Gasteiger partial charge on any atom is -0.328 e. The van der Waals surface area contributed by atoms with E-state index in [9.17, 15) is 18.4 Å². The van der Waals surface area contributed by atoms with Crippen LogP contribution in [0.5, 0.6) is 0 Å². The first-order valence-electron chi connectivity index (χ1n) is 10.5. The second-order valence-corrected chi connectivity index (χ2v) is 9.71. The minimum atomic E-state index is -2.95. The van der Waals surface area contributed by atoms with Crippen molar-refractivity contribution in [2.75, 3.05) is 5.32 Å². The largest absolute Gasteiger partial charge is 0.328 e. The molecule has 180 valence electrons. The fourth-order valence-corrected chi connectivity index (χ4v) is 3.56. The first kappa shape index (κ1) is 25.8. The number of aromatic amines is 1. The van der Waals surface area contributed by atoms with Gasteiger partial charge in [0.1, 0.15) is 11.5 Å². The molecule has 0 bridgehead atoms. The Labute approximate surface area is 206 Å². The van der Waals surface area contributed by atoms with Crippen LogP contribution in [0.25, 0.3) is 11.3 Å². The first-order chi connectivity index (χ1) is 15.9. The Morgan fingerprint density at radius 3 is 2.47 bits per heavy atom. The van der Waals surface area contributed by atoms with E-state index in [0.717, 1.165) is 0 Å². The number of imidazole rings is 1. The number of ketones is 1. The van der Waals surface area contributed by atoms with E-state index in [1.54, 1.807) is 25.1 Å². The third-order valence-corrected chi connectivity index (χ3v) is 5.95. The van der Waals surface area contributed by atoms with Crippen LogP contribution < -0.4 is 5.32 Å². The molecule has 2 heterocycles. The van der Waals surface area contributed by atoms with E-state index in [1.165, 1.54) is 12.3 Å². The van der Waals surface area contributed by atoms with Crippen LogP contribution in [-0.2, 0) is 11.2 Å². The van der Waals surface area contributed by atoms with Crippen LogP contribution in [0.3, 0.4) is 0 Å². The molecule has 0 aliphatic carbocycles. The summed E-state index contributed by atoms with van der Waals surface area (Å²) >= 11 is 12.0. The second kappa shape index (κ2) is 10.2. The van der Waals surface area contributed by atoms with Crippen molar-refractivity contribution in [1.29, 1.82) is 0 Å². The Morgan fingerprint density at radius 1 is 1.15 bits per heavy atom. The Hall–Kier alpha value is -2.84. The van der Waals surface area contributed by atoms with E-state index in [-0.39, 0.29) is 30.1 Å². The minimum absolute atomic E-state index is 0.0253. The summed E-state index contributed by atoms with van der Waals surface area (Å²) in [5.74, 6) is -0.685. The summed E-state index contributed by atoms with van der Waals surface area (Å²) in [5.41, 5.74) is 0.908. The topological polar surface area (TPSA) is 87.7 Å². The van der Waals surface area contributed by atoms with Crippen LogP contribution in [0.15, 0.2) is 30.5 Å². The van der Waals surface area contributed by atoms with Gasteiger partial charge in [-0.2, -0.15) is 0 Å². The zero-order valence-electron chi connectivity index (χ0n) is 19.1. The second-order valence-electron chi connectivity index (χ2n) is 8.89. The molecule has 0 aliphatic heterocycles. The molecule has 0 saturated heterocycles. The zero-order chi connectivity index (χ0) is 25.2. The standard InChI is InChI=1S/C24H24Cl2F2N4O2/c1-12-19(14-6-7-16(25)17(26)10-14)31-23(30-12)32-22(34)15-9-13(11-29-20(15)21(27)28)5-8-18(33)24(2,3)4/h6-7,9-11,21H,5,8H2,1-4H3,(H2,30,31,32,34). The number of benzene rings is 1. The predicted octanol–water partition coefficient (Wildman–Crippen LogP) is 6.82. The average Bonchev–Trinajstić information content (AvgIpc) is 3.12. The number of carbonyl (C=O) groups is 2. The number of alkyl halides is 2. The summed E-state index contributed by atoms with van der Waals surface area (Å²) in [7, 11) is 0. The molecule has 0 fully saturated rings. The number of rotatable bonds is 7. The van der Waals surface area contributed by atoms with Gasteiger partial charge in [0.2, 0.25) is 5.95 Å². The zero-order valence-corrected chi connectivity index (χ0v) is 20.6. The van der Waals surface area contributed by atoms with E-state index >= 15 is 0 Å². The lowest BCUT2D eigenvalue weighted by Crippen LogP contribution is -2.21. The van der Waals surface area contributed by atoms with Crippen molar-refractivity contribution in [2.45, 2.75) is 47.0 Å². The molecule has 0 spiro atoms. The van der Waals surface area contributed by atoms with Gasteiger partial charge in [0.25, 0.3) is 12.3 Å². The molecule has 1 aromatic carbocycles. The number of aromatic nitrogens is 3. The molecule has 6 nitrogen and oxygen atoms in total. The SMILES string of the molecule is Cc1[nH]c(NC(=O)c2cc(CCC(=O)C(C)(C)C)cnc2C(F)F)nc1-c1ccc(Cl)c(Cl)c1. The maximum Gasteiger partial charge on any atom is 0.281 e. The number of pyridine rings is 1. The summed E-state index contributed by atoms with van der Waals surface area (Å²) in [6.07, 6.45) is -1.18. The van der Waals surface area contributed by atoms with E-state index in [2.05, 4.69) is 20.3 Å². The van der Waals surface area contributed by atoms with E-state index < -0.39 is 23.4 Å². The van der Waals surface area contributed by atoms with Gasteiger partial charge in [0.05, 0.1) is 21.3 Å². The number of hydrogen-bond donors (Lipinski definition) is 2. The maximum atomic E-state index is 13.5. The summed E-state index contributed by atoms with van der Waals surface area (Å²) in [6, 6.07) is 6.33. The monoisotopic (exact) mass is 508 g/mol. The summed E-state index contributed by atoms with van der Waals surface area (Å²) in [4.78, 5) is 36.2. The number of anilines is 1. The van der Waals surface area contributed by atoms with Crippen molar-refractivity contribution < 1.29 is 18.4 Å². The normalized spacial score (nSPS) is 11.7. The van der Waals surface area contributed by atoms with Crippen molar-refractivity contribution in [3.63, 3.8) is 0 Å². The molecule has 0 saturated carbocycles. The van der Waals surface area contributed by atoms with Gasteiger partial charge in [-0.3, -0.25) is 19.9 Å². The molecule has 10 heteroatoms. The third-order valence-electron chi connectivity index (χ3n) is 5.21. The number of nitrogens with zero attached hydrogens (tertiary/aromatic N) is 2. The molecule has 0 radical (unpaired) electrons. The molecule has 0 atom stereocenters. The number of hydrogen-bond acceptors (Lipinski definition) is 4. The quantitative estimate of drug-likeness (QED) is 0.366. The van der Waals surface area contributed by atoms with Crippen molar-refractivity contribution in [3.8, 4) is 11.3 Å². The number of halogens is 4. The van der Waals surface area contributed by atoms with Gasteiger partial charge in [-0.25, -0.2) is 13.8 Å². The molecule has 3 aromatic rings. The number of H-pyrrole nitrogens is 1.